The molecule has 15 heavy (non-hydrogen) atoms. The van der Waals surface area contributed by atoms with Gasteiger partial charge in [0.1, 0.15) is 6.61 Å². The van der Waals surface area contributed by atoms with Gasteiger partial charge in [-0.15, -0.1) is 0 Å². The fourth-order valence-electron chi connectivity index (χ4n) is 1.25. The number of ether oxygens (including phenoxy) is 3. The quantitative estimate of drug-likeness (QED) is 0.802. The van der Waals surface area contributed by atoms with Gasteiger partial charge >= 0.3 is 5.97 Å². The lowest BCUT2D eigenvalue weighted by atomic mass is 10.3. The Morgan fingerprint density at radius 2 is 2.20 bits per heavy atom. The summed E-state index contributed by atoms with van der Waals surface area (Å²) in [5, 5.41) is 8.42. The van der Waals surface area contributed by atoms with Crippen LogP contribution in [0.3, 0.4) is 0 Å². The highest BCUT2D eigenvalue weighted by molar-refractivity contribution is 5.68. The van der Waals surface area contributed by atoms with Gasteiger partial charge in [0.2, 0.25) is 6.29 Å². The second-order valence-electron chi connectivity index (χ2n) is 3.01. The monoisotopic (exact) mass is 210 g/mol. The van der Waals surface area contributed by atoms with Crippen molar-refractivity contribution in [2.24, 2.45) is 0 Å². The number of hydrogen-bond acceptors (Lipinski definition) is 4. The molecule has 1 heterocycles. The van der Waals surface area contributed by atoms with E-state index in [4.69, 9.17) is 19.3 Å². The van der Waals surface area contributed by atoms with Crippen LogP contribution in [0.25, 0.3) is 0 Å². The van der Waals surface area contributed by atoms with Crippen LogP contribution >= 0.6 is 0 Å². The zero-order valence-corrected chi connectivity index (χ0v) is 7.88. The summed E-state index contributed by atoms with van der Waals surface area (Å²) in [4.78, 5) is 10.3. The van der Waals surface area contributed by atoms with Gasteiger partial charge in [0.05, 0.1) is 0 Å². The number of carboxylic acid groups (broad SMARTS) is 1. The number of rotatable bonds is 3. The second kappa shape index (κ2) is 4.18. The van der Waals surface area contributed by atoms with Crippen LogP contribution in [-0.4, -0.2) is 30.6 Å². The lowest BCUT2D eigenvalue weighted by Gasteiger charge is -2.25. The third kappa shape index (κ3) is 2.38. The normalized spacial score (nSPS) is 18.5. The lowest BCUT2D eigenvalue weighted by Crippen LogP contribution is -2.33. The summed E-state index contributed by atoms with van der Waals surface area (Å²) < 4.78 is 15.7. The van der Waals surface area contributed by atoms with Gasteiger partial charge in [-0.3, -0.25) is 0 Å². The van der Waals surface area contributed by atoms with Crippen LogP contribution in [0.1, 0.15) is 0 Å². The van der Waals surface area contributed by atoms with E-state index >= 15 is 0 Å². The topological polar surface area (TPSA) is 65.0 Å². The van der Waals surface area contributed by atoms with Crippen LogP contribution in [0.4, 0.5) is 0 Å². The van der Waals surface area contributed by atoms with Crippen LogP contribution in [-0.2, 0) is 9.53 Å². The minimum Gasteiger partial charge on any atom is -0.483 e. The predicted molar refractivity (Wildman–Crippen MR) is 49.9 cm³/mol. The highest BCUT2D eigenvalue weighted by Gasteiger charge is 2.21. The Labute approximate surface area is 86.2 Å². The molecule has 0 radical (unpaired) electrons. The van der Waals surface area contributed by atoms with Gasteiger partial charge in [0.25, 0.3) is 0 Å². The molecule has 0 saturated heterocycles. The fourth-order valence-corrected chi connectivity index (χ4v) is 1.25. The van der Waals surface area contributed by atoms with Crippen molar-refractivity contribution in [3.05, 3.63) is 24.3 Å². The first-order valence-electron chi connectivity index (χ1n) is 4.47. The van der Waals surface area contributed by atoms with Gasteiger partial charge in [0.15, 0.2) is 18.1 Å². The predicted octanol–water partition coefficient (Wildman–Crippen LogP) is 0.885. The number of para-hydroxylation sites is 2. The van der Waals surface area contributed by atoms with Crippen molar-refractivity contribution < 1.29 is 24.1 Å². The zero-order chi connectivity index (χ0) is 10.7. The van der Waals surface area contributed by atoms with Crippen molar-refractivity contribution >= 4 is 5.97 Å². The molecule has 0 saturated carbocycles. The maximum absolute atomic E-state index is 10.3. The molecule has 1 aliphatic rings. The van der Waals surface area contributed by atoms with Gasteiger partial charge in [-0.2, -0.15) is 0 Å². The maximum atomic E-state index is 10.3. The molecule has 1 atom stereocenters. The van der Waals surface area contributed by atoms with Crippen molar-refractivity contribution in [2.75, 3.05) is 13.2 Å². The Hall–Kier alpha value is -1.75. The fraction of sp³-hybridized carbons (Fsp3) is 0.300. The Bertz CT molecular complexity index is 363. The molecule has 0 aliphatic carbocycles. The first kappa shape index (κ1) is 9.79. The van der Waals surface area contributed by atoms with Crippen molar-refractivity contribution in [3.8, 4) is 11.5 Å². The van der Waals surface area contributed by atoms with E-state index in [1.807, 2.05) is 12.1 Å². The number of aliphatic carboxylic acids is 1. The molecular weight excluding hydrogens is 200 g/mol. The second-order valence-corrected chi connectivity index (χ2v) is 3.01. The van der Waals surface area contributed by atoms with E-state index in [-0.39, 0.29) is 6.61 Å². The van der Waals surface area contributed by atoms with Crippen molar-refractivity contribution in [2.45, 2.75) is 6.29 Å². The molecule has 2 rings (SSSR count). The summed E-state index contributed by atoms with van der Waals surface area (Å²) in [6, 6.07) is 7.16. The Morgan fingerprint density at radius 3 is 2.93 bits per heavy atom. The average Bonchev–Trinajstić information content (AvgIpc) is 2.26. The van der Waals surface area contributed by atoms with Gasteiger partial charge in [-0.05, 0) is 12.1 Å². The van der Waals surface area contributed by atoms with E-state index in [0.717, 1.165) is 0 Å². The van der Waals surface area contributed by atoms with Crippen LogP contribution in [0.15, 0.2) is 24.3 Å². The highest BCUT2D eigenvalue weighted by Crippen LogP contribution is 2.30. The maximum Gasteiger partial charge on any atom is 0.329 e. The van der Waals surface area contributed by atoms with E-state index in [9.17, 15) is 4.79 Å². The molecule has 0 bridgehead atoms. The van der Waals surface area contributed by atoms with Crippen LogP contribution < -0.4 is 9.47 Å². The molecule has 1 N–H and O–H groups in total. The van der Waals surface area contributed by atoms with Gasteiger partial charge in [-0.1, -0.05) is 12.1 Å². The zero-order valence-electron chi connectivity index (χ0n) is 7.88. The molecule has 0 spiro atoms. The minimum absolute atomic E-state index is 0.199. The molecule has 1 aromatic rings. The molecule has 0 aromatic heterocycles. The van der Waals surface area contributed by atoms with E-state index in [1.165, 1.54) is 0 Å². The molecule has 1 aliphatic heterocycles. The first-order valence-corrected chi connectivity index (χ1v) is 4.47. The smallest absolute Gasteiger partial charge is 0.329 e. The molecular formula is C10H10O5. The van der Waals surface area contributed by atoms with E-state index < -0.39 is 18.9 Å². The molecule has 1 aromatic carbocycles. The SMILES string of the molecule is O=C(O)COC1COc2ccccc2O1. The Morgan fingerprint density at radius 1 is 1.47 bits per heavy atom. The lowest BCUT2D eigenvalue weighted by molar-refractivity contribution is -0.158. The Kier molecular flexibility index (Phi) is 2.73. The van der Waals surface area contributed by atoms with Gasteiger partial charge in [0, 0.05) is 0 Å². The van der Waals surface area contributed by atoms with E-state index in [2.05, 4.69) is 0 Å². The van der Waals surface area contributed by atoms with Crippen LogP contribution in [0, 0.1) is 0 Å². The largest absolute Gasteiger partial charge is 0.483 e. The van der Waals surface area contributed by atoms with Crippen LogP contribution in [0.2, 0.25) is 0 Å². The third-order valence-electron chi connectivity index (χ3n) is 1.88. The number of benzene rings is 1. The molecule has 0 amide bonds. The molecule has 5 heteroatoms. The number of fused-ring (bicyclic) bond motifs is 1. The molecule has 5 nitrogen and oxygen atoms in total. The summed E-state index contributed by atoms with van der Waals surface area (Å²) in [7, 11) is 0. The number of hydrogen-bond donors (Lipinski definition) is 1. The van der Waals surface area contributed by atoms with Crippen molar-refractivity contribution in [1.82, 2.24) is 0 Å². The van der Waals surface area contributed by atoms with Crippen LogP contribution in [0.5, 0.6) is 11.5 Å². The molecule has 80 valence electrons. The first-order chi connectivity index (χ1) is 7.25. The number of carbonyl (C=O) groups is 1. The van der Waals surface area contributed by atoms with Gasteiger partial charge < -0.3 is 19.3 Å². The minimum atomic E-state index is -1.03. The van der Waals surface area contributed by atoms with E-state index in [0.29, 0.717) is 11.5 Å². The summed E-state index contributed by atoms with van der Waals surface area (Å²) in [6.07, 6.45) is -0.656. The molecule has 1 unspecified atom stereocenters. The highest BCUT2D eigenvalue weighted by atomic mass is 16.7. The third-order valence-corrected chi connectivity index (χ3v) is 1.88. The average molecular weight is 210 g/mol. The summed E-state index contributed by atoms with van der Waals surface area (Å²) in [5.74, 6) is 0.185. The van der Waals surface area contributed by atoms with Crippen molar-refractivity contribution in [1.29, 1.82) is 0 Å². The summed E-state index contributed by atoms with van der Waals surface area (Å²) >= 11 is 0. The summed E-state index contributed by atoms with van der Waals surface area (Å²) in [5.41, 5.74) is 0. The number of carboxylic acids is 1. The standard InChI is InChI=1S/C10H10O5/c11-9(12)5-14-10-6-13-7-3-1-2-4-8(7)15-10/h1-4,10H,5-6H2,(H,11,12). The van der Waals surface area contributed by atoms with Gasteiger partial charge in [-0.25, -0.2) is 4.79 Å². The molecule has 0 fully saturated rings. The summed E-state index contributed by atoms with van der Waals surface area (Å²) in [6.45, 7) is -0.194. The van der Waals surface area contributed by atoms with Crippen molar-refractivity contribution in [3.63, 3.8) is 0 Å². The van der Waals surface area contributed by atoms with E-state index in [1.54, 1.807) is 12.1 Å². The Balaban J connectivity index is 1.96.